The third-order valence-electron chi connectivity index (χ3n) is 6.41. The molecule has 0 spiro atoms. The van der Waals surface area contributed by atoms with E-state index < -0.39 is 0 Å². The molecule has 2 aromatic carbocycles. The topological polar surface area (TPSA) is 86.1 Å². The number of hydrogen-bond acceptors (Lipinski definition) is 7. The number of carbonyl (C=O) groups excluding carboxylic acids is 2. The summed E-state index contributed by atoms with van der Waals surface area (Å²) in [4.78, 5) is 26.6. The molecule has 1 amide bonds. The zero-order valence-electron chi connectivity index (χ0n) is 21.3. The number of ether oxygens (including phenoxy) is 1. The van der Waals surface area contributed by atoms with Crippen molar-refractivity contribution in [3.63, 3.8) is 0 Å². The molecule has 5 rings (SSSR count). The zero-order valence-corrected chi connectivity index (χ0v) is 22.9. The summed E-state index contributed by atoms with van der Waals surface area (Å²) in [7, 11) is 0. The lowest BCUT2D eigenvalue weighted by Crippen LogP contribution is -2.15. The number of hydrogen-bond donors (Lipinski definition) is 1. The molecule has 0 unspecified atom stereocenters. The highest BCUT2D eigenvalue weighted by Crippen LogP contribution is 2.39. The van der Waals surface area contributed by atoms with E-state index in [9.17, 15) is 9.59 Å². The van der Waals surface area contributed by atoms with Crippen molar-refractivity contribution in [2.45, 2.75) is 50.6 Å². The molecule has 38 heavy (non-hydrogen) atoms. The molecule has 4 aromatic rings. The number of amides is 1. The van der Waals surface area contributed by atoms with E-state index >= 15 is 0 Å². The van der Waals surface area contributed by atoms with Crippen LogP contribution in [0.2, 0.25) is 0 Å². The summed E-state index contributed by atoms with van der Waals surface area (Å²) in [6.45, 7) is 2.10. The third kappa shape index (κ3) is 6.00. The number of thiophene rings is 1. The van der Waals surface area contributed by atoms with Crippen LogP contribution in [-0.2, 0) is 35.2 Å². The molecule has 2 heterocycles. The quantitative estimate of drug-likeness (QED) is 0.186. The van der Waals surface area contributed by atoms with E-state index in [0.717, 1.165) is 54.3 Å². The van der Waals surface area contributed by atoms with Crippen LogP contribution in [0.25, 0.3) is 5.69 Å². The van der Waals surface area contributed by atoms with Crippen molar-refractivity contribution in [3.05, 3.63) is 88.1 Å². The van der Waals surface area contributed by atoms with Crippen LogP contribution in [0.1, 0.15) is 52.0 Å². The number of esters is 1. The average molecular weight is 547 g/mol. The molecule has 7 nitrogen and oxygen atoms in total. The maximum absolute atomic E-state index is 12.9. The van der Waals surface area contributed by atoms with Gasteiger partial charge in [0.05, 0.1) is 12.2 Å². The Morgan fingerprint density at radius 1 is 1.03 bits per heavy atom. The average Bonchev–Trinajstić information content (AvgIpc) is 3.63. The van der Waals surface area contributed by atoms with Gasteiger partial charge in [-0.05, 0) is 55.9 Å². The van der Waals surface area contributed by atoms with E-state index in [4.69, 9.17) is 4.74 Å². The molecule has 0 atom stereocenters. The highest BCUT2D eigenvalue weighted by atomic mass is 32.2. The predicted molar refractivity (Wildman–Crippen MR) is 151 cm³/mol. The molecule has 0 bridgehead atoms. The fourth-order valence-corrected chi connectivity index (χ4v) is 6.83. The Hall–Kier alpha value is -3.43. The van der Waals surface area contributed by atoms with Crippen LogP contribution in [0.5, 0.6) is 0 Å². The second-order valence-electron chi connectivity index (χ2n) is 8.98. The Balaban J connectivity index is 1.25. The van der Waals surface area contributed by atoms with Crippen LogP contribution < -0.4 is 5.32 Å². The summed E-state index contributed by atoms with van der Waals surface area (Å²) in [6.07, 6.45) is 4.75. The number of nitrogens with one attached hydrogen (secondary N) is 1. The number of thioether (sulfide) groups is 1. The van der Waals surface area contributed by atoms with Gasteiger partial charge in [-0.2, -0.15) is 0 Å². The number of para-hydroxylation sites is 1. The Bertz CT molecular complexity index is 1400. The van der Waals surface area contributed by atoms with E-state index in [-0.39, 0.29) is 18.3 Å². The Labute approximate surface area is 230 Å². The van der Waals surface area contributed by atoms with Gasteiger partial charge in [0.1, 0.15) is 10.8 Å². The van der Waals surface area contributed by atoms with Gasteiger partial charge in [0.25, 0.3) is 0 Å². The number of aryl methyl sites for hydroxylation is 3. The fourth-order valence-electron chi connectivity index (χ4n) is 4.63. The first kappa shape index (κ1) is 26.2. The normalized spacial score (nSPS) is 12.3. The van der Waals surface area contributed by atoms with Crippen LogP contribution in [0.3, 0.4) is 0 Å². The second-order valence-corrected chi connectivity index (χ2v) is 11.2. The van der Waals surface area contributed by atoms with E-state index in [2.05, 4.69) is 32.2 Å². The van der Waals surface area contributed by atoms with Gasteiger partial charge in [0, 0.05) is 29.2 Å². The van der Waals surface area contributed by atoms with Gasteiger partial charge >= 0.3 is 5.97 Å². The summed E-state index contributed by atoms with van der Waals surface area (Å²) < 4.78 is 7.35. The molecule has 9 heteroatoms. The van der Waals surface area contributed by atoms with Crippen LogP contribution in [0, 0.1) is 0 Å². The number of nitrogens with zero attached hydrogens (tertiary/aromatic N) is 3. The number of anilines is 1. The summed E-state index contributed by atoms with van der Waals surface area (Å²) in [5, 5.41) is 13.3. The van der Waals surface area contributed by atoms with Gasteiger partial charge in [0.15, 0.2) is 5.16 Å². The van der Waals surface area contributed by atoms with Crippen LogP contribution >= 0.6 is 23.1 Å². The van der Waals surface area contributed by atoms with Gasteiger partial charge in [-0.15, -0.1) is 21.5 Å². The second kappa shape index (κ2) is 12.4. The molecular weight excluding hydrogens is 516 g/mol. The molecule has 0 saturated carbocycles. The monoisotopic (exact) mass is 546 g/mol. The van der Waals surface area contributed by atoms with Crippen molar-refractivity contribution >= 4 is 40.0 Å². The molecule has 0 radical (unpaired) electrons. The van der Waals surface area contributed by atoms with Crippen molar-refractivity contribution in [1.82, 2.24) is 14.8 Å². The Kier molecular flexibility index (Phi) is 8.55. The molecule has 0 saturated heterocycles. The highest BCUT2D eigenvalue weighted by molar-refractivity contribution is 7.99. The standard InChI is InChI=1S/C29H30N4O3S2/c1-2-36-28(35)26-22-14-9-15-23(22)38-27(26)30-25(34)18-19-37-29-32-31-24(17-16-20-10-5-3-6-11-20)33(29)21-12-7-4-8-13-21/h3-8,10-13H,2,9,14-19H2,1H3,(H,30,34). The smallest absolute Gasteiger partial charge is 0.341 e. The highest BCUT2D eigenvalue weighted by Gasteiger charge is 2.28. The molecular formula is C29H30N4O3S2. The minimum Gasteiger partial charge on any atom is -0.462 e. The predicted octanol–water partition coefficient (Wildman–Crippen LogP) is 5.90. The number of fused-ring (bicyclic) bond motifs is 1. The van der Waals surface area contributed by atoms with E-state index in [1.165, 1.54) is 33.5 Å². The number of benzene rings is 2. The number of aromatic nitrogens is 3. The van der Waals surface area contributed by atoms with Crippen molar-refractivity contribution in [2.75, 3.05) is 17.7 Å². The molecule has 2 aromatic heterocycles. The third-order valence-corrected chi connectivity index (χ3v) is 8.55. The summed E-state index contributed by atoms with van der Waals surface area (Å²) in [5.74, 6) is 0.947. The first-order valence-corrected chi connectivity index (χ1v) is 14.7. The maximum Gasteiger partial charge on any atom is 0.341 e. The van der Waals surface area contributed by atoms with Crippen LogP contribution in [-0.4, -0.2) is 39.0 Å². The van der Waals surface area contributed by atoms with Crippen molar-refractivity contribution in [2.24, 2.45) is 0 Å². The maximum atomic E-state index is 12.9. The van der Waals surface area contributed by atoms with Gasteiger partial charge in [0.2, 0.25) is 5.91 Å². The van der Waals surface area contributed by atoms with Crippen LogP contribution in [0.15, 0.2) is 65.8 Å². The fraction of sp³-hybridized carbons (Fsp3) is 0.310. The van der Waals surface area contributed by atoms with Gasteiger partial charge in [-0.25, -0.2) is 4.79 Å². The first-order valence-electron chi connectivity index (χ1n) is 12.9. The van der Waals surface area contributed by atoms with Crippen molar-refractivity contribution < 1.29 is 14.3 Å². The van der Waals surface area contributed by atoms with Crippen molar-refractivity contribution in [1.29, 1.82) is 0 Å². The van der Waals surface area contributed by atoms with E-state index in [1.54, 1.807) is 6.92 Å². The first-order chi connectivity index (χ1) is 18.6. The van der Waals surface area contributed by atoms with Gasteiger partial charge in [-0.3, -0.25) is 9.36 Å². The molecule has 0 aliphatic heterocycles. The number of carbonyl (C=O) groups is 2. The number of rotatable bonds is 11. The summed E-state index contributed by atoms with van der Waals surface area (Å²) in [5.41, 5.74) is 3.83. The van der Waals surface area contributed by atoms with E-state index in [0.29, 0.717) is 22.9 Å². The Morgan fingerprint density at radius 2 is 1.79 bits per heavy atom. The van der Waals surface area contributed by atoms with Crippen LogP contribution in [0.4, 0.5) is 5.00 Å². The minimum atomic E-state index is -0.351. The SMILES string of the molecule is CCOC(=O)c1c(NC(=O)CCSc2nnc(CCc3ccccc3)n2-c2ccccc2)sc2c1CCC2. The molecule has 0 fully saturated rings. The summed E-state index contributed by atoms with van der Waals surface area (Å²) >= 11 is 3.01. The molecule has 1 aliphatic rings. The molecule has 1 aliphatic carbocycles. The lowest BCUT2D eigenvalue weighted by atomic mass is 10.1. The minimum absolute atomic E-state index is 0.127. The largest absolute Gasteiger partial charge is 0.462 e. The zero-order chi connectivity index (χ0) is 26.3. The Morgan fingerprint density at radius 3 is 2.55 bits per heavy atom. The molecule has 196 valence electrons. The van der Waals surface area contributed by atoms with Gasteiger partial charge in [-0.1, -0.05) is 60.3 Å². The van der Waals surface area contributed by atoms with E-state index in [1.807, 2.05) is 48.5 Å². The molecule has 1 N–H and O–H groups in total. The van der Waals surface area contributed by atoms with Crippen molar-refractivity contribution in [3.8, 4) is 5.69 Å². The summed E-state index contributed by atoms with van der Waals surface area (Å²) in [6, 6.07) is 20.4. The lowest BCUT2D eigenvalue weighted by Gasteiger charge is -2.11. The lowest BCUT2D eigenvalue weighted by molar-refractivity contribution is -0.115. The van der Waals surface area contributed by atoms with Gasteiger partial charge < -0.3 is 10.1 Å².